The first kappa shape index (κ1) is 18.8. The number of carbonyl (C=O) groups excluding carboxylic acids is 1. The summed E-state index contributed by atoms with van der Waals surface area (Å²) in [6.45, 7) is 2.36. The quantitative estimate of drug-likeness (QED) is 0.668. The van der Waals surface area contributed by atoms with Gasteiger partial charge in [-0.2, -0.15) is 0 Å². The van der Waals surface area contributed by atoms with Gasteiger partial charge in [0.25, 0.3) is 5.91 Å². The van der Waals surface area contributed by atoms with E-state index in [1.54, 1.807) is 12.0 Å². The molecule has 4 rings (SSSR count). The van der Waals surface area contributed by atoms with Gasteiger partial charge in [0.15, 0.2) is 5.76 Å². The summed E-state index contributed by atoms with van der Waals surface area (Å²) in [7, 11) is 1.62. The number of ether oxygens (including phenoxy) is 1. The van der Waals surface area contributed by atoms with Gasteiger partial charge in [-0.05, 0) is 24.1 Å². The Bertz CT molecular complexity index is 1050. The third kappa shape index (κ3) is 3.49. The second-order valence-electron chi connectivity index (χ2n) is 7.19. The van der Waals surface area contributed by atoms with Crippen molar-refractivity contribution in [2.24, 2.45) is 0 Å². The molecule has 0 fully saturated rings. The highest BCUT2D eigenvalue weighted by Gasteiger charge is 2.41. The zero-order valence-corrected chi connectivity index (χ0v) is 16.5. The molecule has 1 heterocycles. The molecule has 1 atom stereocenters. The average molecular weight is 385 g/mol. The molecule has 0 radical (unpaired) electrons. The lowest BCUT2D eigenvalue weighted by Crippen LogP contribution is -2.30. The molecule has 4 heteroatoms. The van der Waals surface area contributed by atoms with Crippen LogP contribution in [0.15, 0.2) is 84.6 Å². The molecule has 29 heavy (non-hydrogen) atoms. The van der Waals surface area contributed by atoms with Crippen LogP contribution < -0.4 is 4.74 Å². The van der Waals surface area contributed by atoms with E-state index in [0.29, 0.717) is 12.1 Å². The van der Waals surface area contributed by atoms with Gasteiger partial charge in [-0.15, -0.1) is 0 Å². The second kappa shape index (κ2) is 7.84. The minimum absolute atomic E-state index is 0.198. The fourth-order valence-electron chi connectivity index (χ4n) is 3.84. The number of hydrogen-bond donors (Lipinski definition) is 1. The average Bonchev–Trinajstić information content (AvgIpc) is 3.00. The Hall–Kier alpha value is -3.53. The molecule has 4 nitrogen and oxygen atoms in total. The molecule has 1 N–H and O–H groups in total. The van der Waals surface area contributed by atoms with Gasteiger partial charge < -0.3 is 14.7 Å². The van der Waals surface area contributed by atoms with Crippen molar-refractivity contribution in [3.63, 3.8) is 0 Å². The number of aryl methyl sites for hydroxylation is 1. The van der Waals surface area contributed by atoms with Crippen LogP contribution in [-0.4, -0.2) is 23.0 Å². The van der Waals surface area contributed by atoms with E-state index in [4.69, 9.17) is 4.74 Å². The Morgan fingerprint density at radius 1 is 0.931 bits per heavy atom. The molecular weight excluding hydrogens is 362 g/mol. The Morgan fingerprint density at radius 2 is 1.59 bits per heavy atom. The summed E-state index contributed by atoms with van der Waals surface area (Å²) in [6, 6.07) is 24.9. The van der Waals surface area contributed by atoms with Crippen LogP contribution >= 0.6 is 0 Å². The van der Waals surface area contributed by atoms with E-state index in [9.17, 15) is 9.90 Å². The molecule has 1 amide bonds. The van der Waals surface area contributed by atoms with Crippen LogP contribution in [0.3, 0.4) is 0 Å². The van der Waals surface area contributed by atoms with Gasteiger partial charge >= 0.3 is 0 Å². The summed E-state index contributed by atoms with van der Waals surface area (Å²) in [6.07, 6.45) is 0. The Balaban J connectivity index is 1.82. The third-order valence-corrected chi connectivity index (χ3v) is 5.31. The molecule has 1 unspecified atom stereocenters. The second-order valence-corrected chi connectivity index (χ2v) is 7.19. The predicted molar refractivity (Wildman–Crippen MR) is 113 cm³/mol. The number of nitrogens with zero attached hydrogens (tertiary/aromatic N) is 1. The maximum atomic E-state index is 13.1. The predicted octanol–water partition coefficient (Wildman–Crippen LogP) is 5.06. The molecule has 0 aliphatic carbocycles. The molecule has 1 aliphatic heterocycles. The SMILES string of the molecule is COc1ccccc1CN1C(=O)C(O)=C(c2ccccc2)C1c1ccc(C)cc1. The largest absolute Gasteiger partial charge is 0.503 e. The van der Waals surface area contributed by atoms with E-state index >= 15 is 0 Å². The van der Waals surface area contributed by atoms with Crippen LogP contribution in [0.5, 0.6) is 5.75 Å². The lowest BCUT2D eigenvalue weighted by molar-refractivity contribution is -0.130. The lowest BCUT2D eigenvalue weighted by Gasteiger charge is -2.28. The molecule has 0 spiro atoms. The minimum Gasteiger partial charge on any atom is -0.503 e. The standard InChI is InChI=1S/C25H23NO3/c1-17-12-14-19(15-13-17)23-22(18-8-4-3-5-9-18)24(27)25(28)26(23)16-20-10-6-7-11-21(20)29-2/h3-15,23,27H,16H2,1-2H3. The summed E-state index contributed by atoms with van der Waals surface area (Å²) < 4.78 is 5.47. The van der Waals surface area contributed by atoms with E-state index < -0.39 is 0 Å². The fourth-order valence-corrected chi connectivity index (χ4v) is 3.84. The van der Waals surface area contributed by atoms with Crippen LogP contribution in [0.4, 0.5) is 0 Å². The zero-order valence-electron chi connectivity index (χ0n) is 16.5. The van der Waals surface area contributed by atoms with Crippen LogP contribution in [0.1, 0.15) is 28.3 Å². The number of aliphatic hydroxyl groups excluding tert-OH is 1. The van der Waals surface area contributed by atoms with E-state index in [2.05, 4.69) is 0 Å². The van der Waals surface area contributed by atoms with Crippen molar-refractivity contribution in [3.8, 4) is 5.75 Å². The molecule has 3 aromatic rings. The van der Waals surface area contributed by atoms with E-state index in [1.165, 1.54) is 0 Å². The minimum atomic E-state index is -0.379. The van der Waals surface area contributed by atoms with Gasteiger partial charge in [-0.25, -0.2) is 0 Å². The molecule has 0 bridgehead atoms. The highest BCUT2D eigenvalue weighted by atomic mass is 16.5. The Morgan fingerprint density at radius 3 is 2.28 bits per heavy atom. The molecule has 0 saturated heterocycles. The van der Waals surface area contributed by atoms with Crippen molar-refractivity contribution in [3.05, 3.63) is 107 Å². The van der Waals surface area contributed by atoms with Gasteiger partial charge in [0.05, 0.1) is 19.7 Å². The number of hydrogen-bond acceptors (Lipinski definition) is 3. The van der Waals surface area contributed by atoms with E-state index in [-0.39, 0.29) is 17.7 Å². The fraction of sp³-hybridized carbons (Fsp3) is 0.160. The van der Waals surface area contributed by atoms with Crippen molar-refractivity contribution in [2.75, 3.05) is 7.11 Å². The Kier molecular flexibility index (Phi) is 5.09. The smallest absolute Gasteiger partial charge is 0.290 e. The van der Waals surface area contributed by atoms with Crippen molar-refractivity contribution in [1.82, 2.24) is 4.90 Å². The van der Waals surface area contributed by atoms with Crippen LogP contribution in [0, 0.1) is 6.92 Å². The third-order valence-electron chi connectivity index (χ3n) is 5.31. The van der Waals surface area contributed by atoms with Crippen molar-refractivity contribution >= 4 is 11.5 Å². The molecule has 1 aliphatic rings. The van der Waals surface area contributed by atoms with Crippen molar-refractivity contribution < 1.29 is 14.6 Å². The topological polar surface area (TPSA) is 49.8 Å². The monoisotopic (exact) mass is 385 g/mol. The number of carbonyl (C=O) groups is 1. The van der Waals surface area contributed by atoms with E-state index in [1.807, 2.05) is 85.8 Å². The summed E-state index contributed by atoms with van der Waals surface area (Å²) in [5, 5.41) is 10.8. The zero-order chi connectivity index (χ0) is 20.4. The molecule has 146 valence electrons. The first-order chi connectivity index (χ1) is 14.1. The van der Waals surface area contributed by atoms with Crippen molar-refractivity contribution in [2.45, 2.75) is 19.5 Å². The number of benzene rings is 3. The molecule has 3 aromatic carbocycles. The molecular formula is C25H23NO3. The maximum absolute atomic E-state index is 13.1. The number of aliphatic hydroxyl groups is 1. The highest BCUT2D eigenvalue weighted by Crippen LogP contribution is 2.44. The Labute approximate surface area is 170 Å². The van der Waals surface area contributed by atoms with Gasteiger partial charge in [-0.1, -0.05) is 78.4 Å². The van der Waals surface area contributed by atoms with Gasteiger partial charge in [0.2, 0.25) is 0 Å². The van der Waals surface area contributed by atoms with Gasteiger partial charge in [0, 0.05) is 11.1 Å². The summed E-state index contributed by atoms with van der Waals surface area (Å²) >= 11 is 0. The number of amides is 1. The summed E-state index contributed by atoms with van der Waals surface area (Å²) in [5.41, 5.74) is 4.47. The summed E-state index contributed by atoms with van der Waals surface area (Å²) in [4.78, 5) is 14.8. The first-order valence-electron chi connectivity index (χ1n) is 9.58. The molecule has 0 saturated carbocycles. The maximum Gasteiger partial charge on any atom is 0.290 e. The lowest BCUT2D eigenvalue weighted by atomic mass is 9.93. The van der Waals surface area contributed by atoms with Crippen LogP contribution in [0.25, 0.3) is 5.57 Å². The molecule has 0 aromatic heterocycles. The normalized spacial score (nSPS) is 16.4. The van der Waals surface area contributed by atoms with Crippen LogP contribution in [0.2, 0.25) is 0 Å². The van der Waals surface area contributed by atoms with Crippen molar-refractivity contribution in [1.29, 1.82) is 0 Å². The van der Waals surface area contributed by atoms with Gasteiger partial charge in [-0.3, -0.25) is 4.79 Å². The highest BCUT2D eigenvalue weighted by molar-refractivity contribution is 6.05. The summed E-state index contributed by atoms with van der Waals surface area (Å²) in [5.74, 6) is 0.146. The first-order valence-corrected chi connectivity index (χ1v) is 9.58. The van der Waals surface area contributed by atoms with Gasteiger partial charge in [0.1, 0.15) is 5.75 Å². The number of para-hydroxylation sites is 1. The van der Waals surface area contributed by atoms with Crippen LogP contribution in [-0.2, 0) is 11.3 Å². The van der Waals surface area contributed by atoms with E-state index in [0.717, 1.165) is 28.0 Å². The number of methoxy groups -OCH3 is 1. The number of rotatable bonds is 5.